The van der Waals surface area contributed by atoms with E-state index in [2.05, 4.69) is 10.4 Å². The van der Waals surface area contributed by atoms with E-state index in [0.717, 1.165) is 0 Å². The van der Waals surface area contributed by atoms with Gasteiger partial charge in [-0.1, -0.05) is 35.3 Å². The second-order valence-electron chi connectivity index (χ2n) is 7.74. The molecule has 10 nitrogen and oxygen atoms in total. The van der Waals surface area contributed by atoms with E-state index in [4.69, 9.17) is 33.7 Å². The van der Waals surface area contributed by atoms with Crippen LogP contribution in [0.5, 0.6) is 0 Å². The van der Waals surface area contributed by atoms with Crippen molar-refractivity contribution in [3.8, 4) is 11.4 Å². The number of aromatic nitrogens is 3. The summed E-state index contributed by atoms with van der Waals surface area (Å²) >= 11 is 11.8. The number of nitrogens with zero attached hydrogens (tertiary/aromatic N) is 3. The molecule has 4 N–H and O–H groups in total. The maximum Gasteiger partial charge on any atom is 0.416 e. The largest absolute Gasteiger partial charge is 0.447 e. The summed E-state index contributed by atoms with van der Waals surface area (Å²) in [6.07, 6.45) is -8.95. The van der Waals surface area contributed by atoms with E-state index in [0.29, 0.717) is 24.9 Å². The summed E-state index contributed by atoms with van der Waals surface area (Å²) in [5.41, 5.74) is 4.61. The Hall–Kier alpha value is -3.55. The lowest BCUT2D eigenvalue weighted by Crippen LogP contribution is -2.39. The standard InChI is InChI=1S/C22H20Cl2F3N5O5/c23-14-6-4-12(5-7-14)19-30-32(21(36)31(19)9-17(33)22(25,26)27)10-18(34)29-16(11-37-20(28)35)13-2-1-3-15(24)8-13/h1-8,16-17,33H,9-11H2,(H2,28,35)(H,29,34)/t16-,17-/m0/s1. The van der Waals surface area contributed by atoms with E-state index in [-0.39, 0.29) is 18.0 Å². The van der Waals surface area contributed by atoms with Crippen molar-refractivity contribution >= 4 is 35.2 Å². The molecule has 198 valence electrons. The summed E-state index contributed by atoms with van der Waals surface area (Å²) in [5, 5.41) is 16.8. The van der Waals surface area contributed by atoms with Crippen LogP contribution in [0.25, 0.3) is 11.4 Å². The molecule has 1 aromatic heterocycles. The second kappa shape index (κ2) is 11.7. The molecule has 0 saturated carbocycles. The normalized spacial score (nSPS) is 13.1. The van der Waals surface area contributed by atoms with Crippen molar-refractivity contribution in [1.82, 2.24) is 19.7 Å². The van der Waals surface area contributed by atoms with Crippen molar-refractivity contribution in [2.75, 3.05) is 6.61 Å². The fraction of sp³-hybridized carbons (Fsp3) is 0.273. The fourth-order valence-corrected chi connectivity index (χ4v) is 3.61. The van der Waals surface area contributed by atoms with Gasteiger partial charge in [0.2, 0.25) is 5.91 Å². The van der Waals surface area contributed by atoms with Crippen LogP contribution in [0, 0.1) is 0 Å². The van der Waals surface area contributed by atoms with Crippen molar-refractivity contribution in [2.24, 2.45) is 5.73 Å². The van der Waals surface area contributed by atoms with Crippen molar-refractivity contribution in [3.63, 3.8) is 0 Å². The molecule has 1 heterocycles. The lowest BCUT2D eigenvalue weighted by Gasteiger charge is -2.19. The third-order valence-corrected chi connectivity index (χ3v) is 5.52. The van der Waals surface area contributed by atoms with Gasteiger partial charge in [-0.25, -0.2) is 14.3 Å². The van der Waals surface area contributed by atoms with E-state index in [1.165, 1.54) is 30.3 Å². The van der Waals surface area contributed by atoms with Crippen LogP contribution < -0.4 is 16.7 Å². The van der Waals surface area contributed by atoms with Crippen LogP contribution in [-0.2, 0) is 22.6 Å². The Bertz CT molecular complexity index is 1330. The van der Waals surface area contributed by atoms with Gasteiger partial charge in [0.05, 0.1) is 12.6 Å². The van der Waals surface area contributed by atoms with Crippen molar-refractivity contribution in [1.29, 1.82) is 0 Å². The van der Waals surface area contributed by atoms with Gasteiger partial charge in [-0.2, -0.15) is 13.2 Å². The zero-order chi connectivity index (χ0) is 27.3. The highest BCUT2D eigenvalue weighted by Crippen LogP contribution is 2.24. The number of aliphatic hydroxyl groups excluding tert-OH is 1. The first kappa shape index (κ1) is 28.0. The van der Waals surface area contributed by atoms with Crippen LogP contribution in [-0.4, -0.2) is 50.3 Å². The highest BCUT2D eigenvalue weighted by atomic mass is 35.5. The quantitative estimate of drug-likeness (QED) is 0.366. The Morgan fingerprint density at radius 3 is 2.41 bits per heavy atom. The van der Waals surface area contributed by atoms with Gasteiger partial charge in [0.1, 0.15) is 13.2 Å². The monoisotopic (exact) mass is 561 g/mol. The number of ether oxygens (including phenoxy) is 1. The summed E-state index contributed by atoms with van der Waals surface area (Å²) < 4.78 is 45.1. The van der Waals surface area contributed by atoms with Gasteiger partial charge in [0, 0.05) is 15.6 Å². The van der Waals surface area contributed by atoms with Gasteiger partial charge in [-0.05, 0) is 42.0 Å². The molecule has 37 heavy (non-hydrogen) atoms. The Balaban J connectivity index is 1.91. The minimum Gasteiger partial charge on any atom is -0.447 e. The number of halogens is 5. The first-order valence-corrected chi connectivity index (χ1v) is 11.3. The summed E-state index contributed by atoms with van der Waals surface area (Å²) in [6.45, 7) is -2.22. The lowest BCUT2D eigenvalue weighted by atomic mass is 10.1. The molecule has 0 unspecified atom stereocenters. The average Bonchev–Trinajstić information content (AvgIpc) is 3.11. The van der Waals surface area contributed by atoms with Crippen LogP contribution in [0.1, 0.15) is 11.6 Å². The topological polar surface area (TPSA) is 141 Å². The molecule has 2 amide bonds. The number of alkyl halides is 3. The third-order valence-electron chi connectivity index (χ3n) is 5.03. The van der Waals surface area contributed by atoms with E-state index in [1.807, 2.05) is 0 Å². The van der Waals surface area contributed by atoms with Gasteiger partial charge in [-0.15, -0.1) is 5.10 Å². The van der Waals surface area contributed by atoms with Gasteiger partial charge in [0.15, 0.2) is 11.9 Å². The van der Waals surface area contributed by atoms with Crippen LogP contribution in [0.3, 0.4) is 0 Å². The Morgan fingerprint density at radius 1 is 1.14 bits per heavy atom. The number of nitrogens with two attached hydrogens (primary N) is 1. The molecule has 2 atom stereocenters. The van der Waals surface area contributed by atoms with E-state index in [1.54, 1.807) is 18.2 Å². The summed E-state index contributed by atoms with van der Waals surface area (Å²) in [5.74, 6) is -1.01. The number of carbonyl (C=O) groups excluding carboxylic acids is 2. The molecule has 2 aromatic carbocycles. The maximum atomic E-state index is 13.0. The molecule has 0 bridgehead atoms. The highest BCUT2D eigenvalue weighted by molar-refractivity contribution is 6.30. The lowest BCUT2D eigenvalue weighted by molar-refractivity contribution is -0.207. The Morgan fingerprint density at radius 2 is 1.81 bits per heavy atom. The third kappa shape index (κ3) is 7.47. The second-order valence-corrected chi connectivity index (χ2v) is 8.62. The molecule has 0 saturated heterocycles. The van der Waals surface area contributed by atoms with Crippen molar-refractivity contribution < 1.29 is 32.6 Å². The van der Waals surface area contributed by atoms with E-state index < -0.39 is 49.1 Å². The van der Waals surface area contributed by atoms with Crippen LogP contribution in [0.4, 0.5) is 18.0 Å². The summed E-state index contributed by atoms with van der Waals surface area (Å²) in [4.78, 5) is 36.8. The van der Waals surface area contributed by atoms with Crippen molar-refractivity contribution in [3.05, 3.63) is 74.6 Å². The predicted molar refractivity (Wildman–Crippen MR) is 127 cm³/mol. The molecule has 0 fully saturated rings. The Kier molecular flexibility index (Phi) is 8.84. The van der Waals surface area contributed by atoms with Crippen LogP contribution in [0.15, 0.2) is 53.3 Å². The molecule has 0 spiro atoms. The van der Waals surface area contributed by atoms with E-state index in [9.17, 15) is 32.7 Å². The molecule has 0 aliphatic heterocycles. The fourth-order valence-electron chi connectivity index (χ4n) is 3.28. The zero-order valence-electron chi connectivity index (χ0n) is 18.8. The predicted octanol–water partition coefficient (Wildman–Crippen LogP) is 2.89. The number of hydrogen-bond donors (Lipinski definition) is 3. The Labute approximate surface area is 217 Å². The van der Waals surface area contributed by atoms with Crippen molar-refractivity contribution in [2.45, 2.75) is 31.4 Å². The number of aliphatic hydroxyl groups is 1. The summed E-state index contributed by atoms with van der Waals surface area (Å²) in [7, 11) is 0. The SMILES string of the molecule is NC(=O)OC[C@H](NC(=O)Cn1nc(-c2ccc(Cl)cc2)n(C[C@H](O)C(F)(F)F)c1=O)c1cccc(Cl)c1. The number of benzene rings is 2. The van der Waals surface area contributed by atoms with Gasteiger partial charge >= 0.3 is 18.0 Å². The van der Waals surface area contributed by atoms with Gasteiger partial charge < -0.3 is 20.9 Å². The summed E-state index contributed by atoms with van der Waals surface area (Å²) in [6, 6.07) is 11.1. The molecule has 3 rings (SSSR count). The highest BCUT2D eigenvalue weighted by Gasteiger charge is 2.39. The number of nitrogens with one attached hydrogen (secondary N) is 1. The molecule has 15 heteroatoms. The molecular formula is C22H20Cl2F3N5O5. The smallest absolute Gasteiger partial charge is 0.416 e. The molecule has 0 radical (unpaired) electrons. The van der Waals surface area contributed by atoms with Crippen LogP contribution >= 0.6 is 23.2 Å². The number of primary amides is 1. The number of hydrogen-bond acceptors (Lipinski definition) is 6. The average molecular weight is 562 g/mol. The first-order valence-electron chi connectivity index (χ1n) is 10.5. The number of amides is 2. The minimum absolute atomic E-state index is 0.221. The zero-order valence-corrected chi connectivity index (χ0v) is 20.3. The number of carbonyl (C=O) groups is 2. The molecule has 0 aliphatic rings. The molecule has 0 aliphatic carbocycles. The number of rotatable bonds is 9. The first-order chi connectivity index (χ1) is 17.3. The maximum absolute atomic E-state index is 13.0. The van der Waals surface area contributed by atoms with E-state index >= 15 is 0 Å². The van der Waals surface area contributed by atoms with Gasteiger partial charge in [0.25, 0.3) is 0 Å². The minimum atomic E-state index is -5.00. The van der Waals surface area contributed by atoms with Crippen LogP contribution in [0.2, 0.25) is 10.0 Å². The molecular weight excluding hydrogens is 542 g/mol. The molecule has 3 aromatic rings. The van der Waals surface area contributed by atoms with Gasteiger partial charge in [-0.3, -0.25) is 9.36 Å².